The molecular formula is C26H23N5O3S3. The second-order valence-corrected chi connectivity index (χ2v) is 12.9. The number of fused-ring (bicyclic) bond motifs is 3. The van der Waals surface area contributed by atoms with Crippen molar-refractivity contribution in [1.82, 2.24) is 14.3 Å². The highest BCUT2D eigenvalue weighted by atomic mass is 32.2. The van der Waals surface area contributed by atoms with Crippen LogP contribution in [-0.4, -0.2) is 54.8 Å². The van der Waals surface area contributed by atoms with Crippen LogP contribution in [0, 0.1) is 6.92 Å². The molecule has 2 aromatic heterocycles. The van der Waals surface area contributed by atoms with Gasteiger partial charge in [0.2, 0.25) is 10.0 Å². The van der Waals surface area contributed by atoms with Gasteiger partial charge in [-0.1, -0.05) is 29.5 Å². The average Bonchev–Trinajstić information content (AvgIpc) is 3.51. The third-order valence-electron chi connectivity index (χ3n) is 6.35. The molecule has 3 aromatic carbocycles. The Bertz CT molecular complexity index is 1710. The van der Waals surface area contributed by atoms with Crippen LogP contribution in [0.3, 0.4) is 0 Å². The number of rotatable bonds is 5. The van der Waals surface area contributed by atoms with Gasteiger partial charge in [0.1, 0.15) is 0 Å². The zero-order valence-electron chi connectivity index (χ0n) is 19.9. The summed E-state index contributed by atoms with van der Waals surface area (Å²) in [4.78, 5) is 24.3. The van der Waals surface area contributed by atoms with Crippen molar-refractivity contribution in [2.24, 2.45) is 0 Å². The molecule has 1 amide bonds. The van der Waals surface area contributed by atoms with Gasteiger partial charge in [-0.2, -0.15) is 4.31 Å². The van der Waals surface area contributed by atoms with Gasteiger partial charge in [0.25, 0.3) is 5.91 Å². The van der Waals surface area contributed by atoms with Crippen molar-refractivity contribution in [3.8, 4) is 0 Å². The van der Waals surface area contributed by atoms with Crippen molar-refractivity contribution >= 4 is 69.9 Å². The molecule has 0 saturated carbocycles. The van der Waals surface area contributed by atoms with Gasteiger partial charge in [-0.3, -0.25) is 10.1 Å². The van der Waals surface area contributed by atoms with E-state index in [4.69, 9.17) is 0 Å². The molecule has 0 unspecified atom stereocenters. The van der Waals surface area contributed by atoms with Crippen molar-refractivity contribution in [3.05, 3.63) is 77.3 Å². The van der Waals surface area contributed by atoms with E-state index in [9.17, 15) is 13.2 Å². The molecule has 0 radical (unpaired) electrons. The Labute approximate surface area is 222 Å². The fraction of sp³-hybridized carbons (Fsp3) is 0.192. The van der Waals surface area contributed by atoms with Crippen LogP contribution in [0.2, 0.25) is 0 Å². The Morgan fingerprint density at radius 3 is 2.19 bits per heavy atom. The van der Waals surface area contributed by atoms with Gasteiger partial charge in [0.15, 0.2) is 5.13 Å². The molecule has 0 atom stereocenters. The number of sulfonamides is 1. The molecule has 0 spiro atoms. The molecule has 0 aliphatic carbocycles. The SMILES string of the molecule is Cc1nc2ccc3nc(NC(=O)c4ccc(S(=O)(=O)N5CCN(c6ccccc6)CC5)cc4)sc3c2s1. The van der Waals surface area contributed by atoms with Gasteiger partial charge < -0.3 is 4.90 Å². The van der Waals surface area contributed by atoms with Crippen LogP contribution in [-0.2, 0) is 10.0 Å². The van der Waals surface area contributed by atoms with Crippen LogP contribution in [0.15, 0.2) is 71.6 Å². The number of nitrogens with zero attached hydrogens (tertiary/aromatic N) is 4. The van der Waals surface area contributed by atoms with Gasteiger partial charge in [0.05, 0.1) is 30.3 Å². The number of benzene rings is 3. The number of carbonyl (C=O) groups is 1. The van der Waals surface area contributed by atoms with E-state index < -0.39 is 10.0 Å². The van der Waals surface area contributed by atoms with Crippen molar-refractivity contribution in [2.45, 2.75) is 11.8 Å². The number of para-hydroxylation sites is 1. The lowest BCUT2D eigenvalue weighted by molar-refractivity contribution is 0.102. The van der Waals surface area contributed by atoms with Crippen LogP contribution < -0.4 is 10.2 Å². The molecule has 11 heteroatoms. The Morgan fingerprint density at radius 1 is 0.838 bits per heavy atom. The monoisotopic (exact) mass is 549 g/mol. The zero-order valence-corrected chi connectivity index (χ0v) is 22.4. The number of anilines is 2. The summed E-state index contributed by atoms with van der Waals surface area (Å²) in [7, 11) is -3.65. The van der Waals surface area contributed by atoms with Crippen molar-refractivity contribution < 1.29 is 13.2 Å². The van der Waals surface area contributed by atoms with Gasteiger partial charge >= 0.3 is 0 Å². The molecule has 3 heterocycles. The van der Waals surface area contributed by atoms with Crippen LogP contribution >= 0.6 is 22.7 Å². The lowest BCUT2D eigenvalue weighted by Crippen LogP contribution is -2.48. The van der Waals surface area contributed by atoms with Gasteiger partial charge in [-0.25, -0.2) is 18.4 Å². The molecule has 1 saturated heterocycles. The third-order valence-corrected chi connectivity index (χ3v) is 10.4. The van der Waals surface area contributed by atoms with Crippen molar-refractivity contribution in [1.29, 1.82) is 0 Å². The Kier molecular flexibility index (Phi) is 6.15. The fourth-order valence-electron chi connectivity index (χ4n) is 4.46. The minimum absolute atomic E-state index is 0.181. The maximum atomic E-state index is 13.2. The number of nitrogens with one attached hydrogen (secondary N) is 1. The molecule has 1 fully saturated rings. The quantitative estimate of drug-likeness (QED) is 0.332. The molecule has 1 N–H and O–H groups in total. The van der Waals surface area contributed by atoms with Crippen molar-refractivity contribution in [2.75, 3.05) is 36.4 Å². The summed E-state index contributed by atoms with van der Waals surface area (Å²) in [5.74, 6) is -0.337. The number of carbonyl (C=O) groups excluding carboxylic acids is 1. The molecular weight excluding hydrogens is 527 g/mol. The van der Waals surface area contributed by atoms with E-state index in [1.165, 1.54) is 27.8 Å². The van der Waals surface area contributed by atoms with Crippen LogP contribution in [0.25, 0.3) is 20.4 Å². The van der Waals surface area contributed by atoms with Gasteiger partial charge in [-0.15, -0.1) is 11.3 Å². The molecule has 6 rings (SSSR count). The summed E-state index contributed by atoms with van der Waals surface area (Å²) >= 11 is 3.02. The number of amides is 1. The smallest absolute Gasteiger partial charge is 0.257 e. The van der Waals surface area contributed by atoms with Crippen LogP contribution in [0.4, 0.5) is 10.8 Å². The highest BCUT2D eigenvalue weighted by Gasteiger charge is 2.28. The predicted molar refractivity (Wildman–Crippen MR) is 149 cm³/mol. The van der Waals surface area contributed by atoms with Crippen molar-refractivity contribution in [3.63, 3.8) is 0 Å². The van der Waals surface area contributed by atoms with E-state index in [1.807, 2.05) is 49.4 Å². The summed E-state index contributed by atoms with van der Waals surface area (Å²) in [6, 6.07) is 19.9. The first-order valence-electron chi connectivity index (χ1n) is 11.8. The Morgan fingerprint density at radius 2 is 1.49 bits per heavy atom. The molecule has 1 aliphatic rings. The van der Waals surface area contributed by atoms with Gasteiger partial charge in [-0.05, 0) is 55.5 Å². The molecule has 5 aromatic rings. The zero-order chi connectivity index (χ0) is 25.6. The topological polar surface area (TPSA) is 95.5 Å². The first-order valence-corrected chi connectivity index (χ1v) is 14.8. The van der Waals surface area contributed by atoms with Crippen LogP contribution in [0.5, 0.6) is 0 Å². The number of aromatic nitrogens is 2. The normalized spacial score (nSPS) is 14.9. The second kappa shape index (κ2) is 9.49. The average molecular weight is 550 g/mol. The summed E-state index contributed by atoms with van der Waals surface area (Å²) in [5, 5.41) is 4.32. The van der Waals surface area contributed by atoms with E-state index in [2.05, 4.69) is 20.2 Å². The Balaban J connectivity index is 1.14. The predicted octanol–water partition coefficient (Wildman–Crippen LogP) is 4.98. The maximum absolute atomic E-state index is 13.2. The highest BCUT2D eigenvalue weighted by molar-refractivity contribution is 7.89. The summed E-state index contributed by atoms with van der Waals surface area (Å²) in [6.07, 6.45) is 0. The van der Waals surface area contributed by atoms with Gasteiger partial charge in [0, 0.05) is 37.4 Å². The second-order valence-electron chi connectivity index (χ2n) is 8.72. The standard InChI is InChI=1S/C26H23N5O3S3/c1-17-27-21-11-12-22-24(23(21)35-17)36-26(28-22)29-25(32)18-7-9-20(10-8-18)37(33,34)31-15-13-30(14-16-31)19-5-3-2-4-6-19/h2-12H,13-16H2,1H3,(H,28,29,32). The lowest BCUT2D eigenvalue weighted by atomic mass is 10.2. The molecule has 0 bridgehead atoms. The lowest BCUT2D eigenvalue weighted by Gasteiger charge is -2.35. The maximum Gasteiger partial charge on any atom is 0.257 e. The number of aryl methyl sites for hydroxylation is 1. The van der Waals surface area contributed by atoms with Crippen LogP contribution in [0.1, 0.15) is 15.4 Å². The van der Waals surface area contributed by atoms with E-state index in [0.717, 1.165) is 31.1 Å². The largest absolute Gasteiger partial charge is 0.369 e. The molecule has 37 heavy (non-hydrogen) atoms. The highest BCUT2D eigenvalue weighted by Crippen LogP contribution is 2.36. The number of piperazine rings is 1. The number of thiazole rings is 2. The van der Waals surface area contributed by atoms with E-state index >= 15 is 0 Å². The van der Waals surface area contributed by atoms with E-state index in [-0.39, 0.29) is 10.8 Å². The minimum atomic E-state index is -3.65. The first kappa shape index (κ1) is 24.0. The summed E-state index contributed by atoms with van der Waals surface area (Å²) in [5.41, 5.74) is 3.19. The summed E-state index contributed by atoms with van der Waals surface area (Å²) in [6.45, 7) is 4.03. The molecule has 188 valence electrons. The third kappa shape index (κ3) is 4.59. The van der Waals surface area contributed by atoms with E-state index in [0.29, 0.717) is 36.9 Å². The number of hydrogen-bond acceptors (Lipinski definition) is 8. The fourth-order valence-corrected chi connectivity index (χ4v) is 7.88. The Hall–Kier alpha value is -3.38. The first-order chi connectivity index (χ1) is 17.9. The summed E-state index contributed by atoms with van der Waals surface area (Å²) < 4.78 is 30.0. The molecule has 1 aliphatic heterocycles. The van der Waals surface area contributed by atoms with E-state index in [1.54, 1.807) is 23.5 Å². The minimum Gasteiger partial charge on any atom is -0.369 e. The molecule has 8 nitrogen and oxygen atoms in total. The number of hydrogen-bond donors (Lipinski definition) is 1.